The number of nitrogens with two attached hydrogens (primary N) is 2. The number of carbonyl (C=O) groups is 2. The summed E-state index contributed by atoms with van der Waals surface area (Å²) < 4.78 is 0. The number of primary amides is 1. The molecule has 1 heterocycles. The van der Waals surface area contributed by atoms with Gasteiger partial charge in [-0.25, -0.2) is 0 Å². The fourth-order valence-corrected chi connectivity index (χ4v) is 2.33. The molecule has 0 aromatic carbocycles. The lowest BCUT2D eigenvalue weighted by atomic mass is 9.86. The van der Waals surface area contributed by atoms with Gasteiger partial charge in [-0.2, -0.15) is 0 Å². The quantitative estimate of drug-likeness (QED) is 0.730. The highest BCUT2D eigenvalue weighted by molar-refractivity contribution is 5.87. The monoisotopic (exact) mass is 241 g/mol. The second-order valence-electron chi connectivity index (χ2n) is 5.18. The molecule has 1 aliphatic heterocycles. The Hall–Kier alpha value is -1.10. The van der Waals surface area contributed by atoms with Gasteiger partial charge in [0.2, 0.25) is 11.8 Å². The van der Waals surface area contributed by atoms with E-state index < -0.39 is 11.9 Å². The first-order valence-corrected chi connectivity index (χ1v) is 6.24. The molecular weight excluding hydrogens is 218 g/mol. The molecule has 17 heavy (non-hydrogen) atoms. The molecule has 1 atom stereocenters. The molecule has 0 radical (unpaired) electrons. The standard InChI is InChI=1S/C12H23N3O2/c1-8(2)9-3-5-15(6-4-9)12(17)10(13)7-11(14)16/h8-10H,3-7,13H2,1-2H3,(H2,14,16). The minimum absolute atomic E-state index is 0.0665. The number of rotatable bonds is 4. The number of nitrogens with zero attached hydrogens (tertiary/aromatic N) is 1. The van der Waals surface area contributed by atoms with Crippen LogP contribution in [0.5, 0.6) is 0 Å². The summed E-state index contributed by atoms with van der Waals surface area (Å²) in [4.78, 5) is 24.4. The van der Waals surface area contributed by atoms with Gasteiger partial charge in [-0.1, -0.05) is 13.8 Å². The molecule has 0 aromatic heterocycles. The van der Waals surface area contributed by atoms with E-state index in [1.165, 1.54) is 0 Å². The van der Waals surface area contributed by atoms with E-state index in [2.05, 4.69) is 13.8 Å². The van der Waals surface area contributed by atoms with Crippen LogP contribution >= 0.6 is 0 Å². The van der Waals surface area contributed by atoms with Crippen LogP contribution in [0.1, 0.15) is 33.1 Å². The minimum Gasteiger partial charge on any atom is -0.370 e. The average molecular weight is 241 g/mol. The first-order chi connectivity index (χ1) is 7.91. The van der Waals surface area contributed by atoms with Crippen LogP contribution in [0.2, 0.25) is 0 Å². The molecule has 0 bridgehead atoms. The summed E-state index contributed by atoms with van der Waals surface area (Å²) in [6, 6.07) is -0.775. The lowest BCUT2D eigenvalue weighted by Gasteiger charge is -2.35. The molecule has 1 unspecified atom stereocenters. The molecule has 0 aromatic rings. The van der Waals surface area contributed by atoms with E-state index >= 15 is 0 Å². The van der Waals surface area contributed by atoms with Crippen LogP contribution in [-0.2, 0) is 9.59 Å². The van der Waals surface area contributed by atoms with Gasteiger partial charge in [-0.15, -0.1) is 0 Å². The van der Waals surface area contributed by atoms with Crippen molar-refractivity contribution in [1.29, 1.82) is 0 Å². The molecule has 98 valence electrons. The molecule has 2 amide bonds. The third kappa shape index (κ3) is 4.00. The average Bonchev–Trinajstić information content (AvgIpc) is 2.27. The summed E-state index contributed by atoms with van der Waals surface area (Å²) in [7, 11) is 0. The highest BCUT2D eigenvalue weighted by Gasteiger charge is 2.27. The van der Waals surface area contributed by atoms with E-state index in [0.717, 1.165) is 25.9 Å². The van der Waals surface area contributed by atoms with Crippen LogP contribution in [0, 0.1) is 11.8 Å². The van der Waals surface area contributed by atoms with Gasteiger partial charge in [0.05, 0.1) is 12.5 Å². The number of piperidine rings is 1. The van der Waals surface area contributed by atoms with E-state index in [-0.39, 0.29) is 12.3 Å². The number of amides is 2. The van der Waals surface area contributed by atoms with Crippen molar-refractivity contribution < 1.29 is 9.59 Å². The predicted molar refractivity (Wildman–Crippen MR) is 65.9 cm³/mol. The molecule has 5 heteroatoms. The summed E-state index contributed by atoms with van der Waals surface area (Å²) in [5.41, 5.74) is 10.7. The second kappa shape index (κ2) is 6.00. The Labute approximate surface area is 103 Å². The van der Waals surface area contributed by atoms with Crippen molar-refractivity contribution in [3.05, 3.63) is 0 Å². The molecule has 1 rings (SSSR count). The zero-order chi connectivity index (χ0) is 13.0. The van der Waals surface area contributed by atoms with E-state index in [0.29, 0.717) is 11.8 Å². The number of likely N-dealkylation sites (tertiary alicyclic amines) is 1. The van der Waals surface area contributed by atoms with Crippen LogP contribution in [0.25, 0.3) is 0 Å². The summed E-state index contributed by atoms with van der Waals surface area (Å²) in [6.45, 7) is 5.91. The molecule has 0 saturated carbocycles. The van der Waals surface area contributed by atoms with E-state index in [1.54, 1.807) is 4.90 Å². The topological polar surface area (TPSA) is 89.4 Å². The Morgan fingerprint density at radius 2 is 1.82 bits per heavy atom. The van der Waals surface area contributed by atoms with Gasteiger partial charge in [-0.3, -0.25) is 9.59 Å². The van der Waals surface area contributed by atoms with Crippen LogP contribution in [-0.4, -0.2) is 35.8 Å². The highest BCUT2D eigenvalue weighted by Crippen LogP contribution is 2.24. The van der Waals surface area contributed by atoms with Gasteiger partial charge in [0, 0.05) is 13.1 Å². The van der Waals surface area contributed by atoms with Gasteiger partial charge >= 0.3 is 0 Å². The smallest absolute Gasteiger partial charge is 0.240 e. The highest BCUT2D eigenvalue weighted by atomic mass is 16.2. The van der Waals surface area contributed by atoms with Crippen molar-refractivity contribution in [3.63, 3.8) is 0 Å². The lowest BCUT2D eigenvalue weighted by Crippen LogP contribution is -2.48. The molecule has 5 nitrogen and oxygen atoms in total. The molecule has 1 fully saturated rings. The van der Waals surface area contributed by atoms with Crippen LogP contribution in [0.15, 0.2) is 0 Å². The summed E-state index contributed by atoms with van der Waals surface area (Å²) in [6.07, 6.45) is 1.97. The molecule has 0 spiro atoms. The minimum atomic E-state index is -0.775. The van der Waals surface area contributed by atoms with Crippen molar-refractivity contribution in [3.8, 4) is 0 Å². The Balaban J connectivity index is 2.43. The lowest BCUT2D eigenvalue weighted by molar-refractivity contribution is -0.136. The van der Waals surface area contributed by atoms with E-state index in [9.17, 15) is 9.59 Å². The van der Waals surface area contributed by atoms with Crippen molar-refractivity contribution in [1.82, 2.24) is 4.90 Å². The molecule has 0 aliphatic carbocycles. The second-order valence-corrected chi connectivity index (χ2v) is 5.18. The van der Waals surface area contributed by atoms with E-state index in [1.807, 2.05) is 0 Å². The number of carbonyl (C=O) groups excluding carboxylic acids is 2. The van der Waals surface area contributed by atoms with Crippen LogP contribution < -0.4 is 11.5 Å². The first kappa shape index (κ1) is 14.0. The maximum absolute atomic E-state index is 11.9. The molecular formula is C12H23N3O2. The summed E-state index contributed by atoms with van der Waals surface area (Å²) >= 11 is 0. The van der Waals surface area contributed by atoms with Crippen molar-refractivity contribution >= 4 is 11.8 Å². The van der Waals surface area contributed by atoms with Crippen LogP contribution in [0.4, 0.5) is 0 Å². The Bertz CT molecular complexity index is 283. The largest absolute Gasteiger partial charge is 0.370 e. The van der Waals surface area contributed by atoms with Crippen molar-refractivity contribution in [2.75, 3.05) is 13.1 Å². The van der Waals surface area contributed by atoms with Gasteiger partial charge in [0.25, 0.3) is 0 Å². The van der Waals surface area contributed by atoms with Crippen molar-refractivity contribution in [2.24, 2.45) is 23.3 Å². The zero-order valence-electron chi connectivity index (χ0n) is 10.7. The molecule has 4 N–H and O–H groups in total. The Morgan fingerprint density at radius 1 is 1.29 bits per heavy atom. The number of hydrogen-bond donors (Lipinski definition) is 2. The summed E-state index contributed by atoms with van der Waals surface area (Å²) in [5.74, 6) is 0.673. The van der Waals surface area contributed by atoms with Crippen LogP contribution in [0.3, 0.4) is 0 Å². The van der Waals surface area contributed by atoms with Crippen molar-refractivity contribution in [2.45, 2.75) is 39.2 Å². The predicted octanol–water partition coefficient (Wildman–Crippen LogP) is 0.0837. The third-order valence-corrected chi connectivity index (χ3v) is 3.53. The first-order valence-electron chi connectivity index (χ1n) is 6.24. The fourth-order valence-electron chi connectivity index (χ4n) is 2.33. The normalized spacial score (nSPS) is 19.4. The third-order valence-electron chi connectivity index (χ3n) is 3.53. The van der Waals surface area contributed by atoms with Gasteiger partial charge in [0.1, 0.15) is 0 Å². The van der Waals surface area contributed by atoms with E-state index in [4.69, 9.17) is 11.5 Å². The molecule has 1 saturated heterocycles. The zero-order valence-corrected chi connectivity index (χ0v) is 10.7. The summed E-state index contributed by atoms with van der Waals surface area (Å²) in [5, 5.41) is 0. The van der Waals surface area contributed by atoms with Gasteiger partial charge in [0.15, 0.2) is 0 Å². The maximum Gasteiger partial charge on any atom is 0.240 e. The van der Waals surface area contributed by atoms with Gasteiger partial charge in [-0.05, 0) is 24.7 Å². The van der Waals surface area contributed by atoms with Gasteiger partial charge < -0.3 is 16.4 Å². The Kier molecular flexibility index (Phi) is 4.93. The fraction of sp³-hybridized carbons (Fsp3) is 0.833. The SMILES string of the molecule is CC(C)C1CCN(C(=O)C(N)CC(N)=O)CC1. The number of hydrogen-bond acceptors (Lipinski definition) is 3. The maximum atomic E-state index is 11.9. The Morgan fingerprint density at radius 3 is 2.24 bits per heavy atom. The molecule has 1 aliphatic rings.